The number of benzene rings is 2. The molecule has 2 aliphatic rings. The van der Waals surface area contributed by atoms with E-state index in [0.717, 1.165) is 19.4 Å². The van der Waals surface area contributed by atoms with Gasteiger partial charge < -0.3 is 4.90 Å². The van der Waals surface area contributed by atoms with E-state index in [1.54, 1.807) is 0 Å². The fourth-order valence-corrected chi connectivity index (χ4v) is 5.32. The summed E-state index contributed by atoms with van der Waals surface area (Å²) in [6.45, 7) is 2.93. The molecule has 3 heteroatoms. The largest absolute Gasteiger partial charge is 0.331 e. The molecule has 27 heavy (non-hydrogen) atoms. The lowest BCUT2D eigenvalue weighted by Crippen LogP contribution is -2.41. The van der Waals surface area contributed by atoms with Gasteiger partial charge in [0.15, 0.2) is 0 Å². The van der Waals surface area contributed by atoms with Gasteiger partial charge in [0.25, 0.3) is 0 Å². The number of hydrogen-bond donors (Lipinski definition) is 0. The van der Waals surface area contributed by atoms with Crippen LogP contribution in [0.5, 0.6) is 0 Å². The van der Waals surface area contributed by atoms with Gasteiger partial charge in [0.2, 0.25) is 5.91 Å². The van der Waals surface area contributed by atoms with E-state index in [1.807, 2.05) is 17.4 Å². The van der Waals surface area contributed by atoms with Gasteiger partial charge in [0.05, 0.1) is 6.04 Å². The summed E-state index contributed by atoms with van der Waals surface area (Å²) in [6, 6.07) is 21.5. The van der Waals surface area contributed by atoms with E-state index in [0.29, 0.717) is 11.8 Å². The van der Waals surface area contributed by atoms with E-state index in [-0.39, 0.29) is 12.0 Å². The minimum absolute atomic E-state index is 0.0603. The molecule has 2 nitrogen and oxygen atoms in total. The highest BCUT2D eigenvalue weighted by molar-refractivity contribution is 7.10. The van der Waals surface area contributed by atoms with Gasteiger partial charge in [-0.25, -0.2) is 0 Å². The number of amides is 1. The molecule has 0 spiro atoms. The first-order chi connectivity index (χ1) is 13.2. The lowest BCUT2D eigenvalue weighted by atomic mass is 9.92. The number of carbonyl (C=O) groups excluding carboxylic acids is 1. The maximum atomic E-state index is 13.5. The Morgan fingerprint density at radius 3 is 2.56 bits per heavy atom. The van der Waals surface area contributed by atoms with Crippen LogP contribution in [-0.2, 0) is 11.2 Å². The van der Waals surface area contributed by atoms with Gasteiger partial charge >= 0.3 is 0 Å². The van der Waals surface area contributed by atoms with Crippen LogP contribution in [0.15, 0.2) is 66.0 Å². The molecule has 0 radical (unpaired) electrons. The SMILES string of the molecule is Cc1ccc([C@H]2c3ccsc3CCN2C(=O)[C@@H]2C[C@H]2c2ccccc2)cc1. The Hall–Kier alpha value is -2.39. The van der Waals surface area contributed by atoms with E-state index in [4.69, 9.17) is 0 Å². The molecule has 0 saturated heterocycles. The number of aryl methyl sites for hydroxylation is 1. The molecule has 0 N–H and O–H groups in total. The summed E-state index contributed by atoms with van der Waals surface area (Å²) in [6.07, 6.45) is 1.96. The molecule has 1 aliphatic carbocycles. The Balaban J connectivity index is 1.46. The zero-order valence-corrected chi connectivity index (χ0v) is 16.3. The summed E-state index contributed by atoms with van der Waals surface area (Å²) in [5.41, 5.74) is 5.10. The summed E-state index contributed by atoms with van der Waals surface area (Å²) in [5, 5.41) is 2.17. The predicted octanol–water partition coefficient (Wildman–Crippen LogP) is 5.33. The quantitative estimate of drug-likeness (QED) is 0.607. The number of fused-ring (bicyclic) bond motifs is 1. The molecule has 0 bridgehead atoms. The zero-order valence-electron chi connectivity index (χ0n) is 15.5. The van der Waals surface area contributed by atoms with Crippen molar-refractivity contribution in [2.75, 3.05) is 6.54 Å². The lowest BCUT2D eigenvalue weighted by molar-refractivity contribution is -0.134. The average Bonchev–Trinajstić information content (AvgIpc) is 3.37. The van der Waals surface area contributed by atoms with Gasteiger partial charge in [-0.1, -0.05) is 60.2 Å². The maximum absolute atomic E-state index is 13.5. The third-order valence-corrected chi connectivity index (χ3v) is 6.97. The third-order valence-electron chi connectivity index (χ3n) is 5.98. The summed E-state index contributed by atoms with van der Waals surface area (Å²) < 4.78 is 0. The van der Waals surface area contributed by atoms with Crippen molar-refractivity contribution >= 4 is 17.2 Å². The highest BCUT2D eigenvalue weighted by Gasteiger charge is 2.47. The first-order valence-electron chi connectivity index (χ1n) is 9.70. The molecular formula is C24H23NOS. The second kappa shape index (κ2) is 6.65. The second-order valence-electron chi connectivity index (χ2n) is 7.75. The van der Waals surface area contributed by atoms with Crippen LogP contribution in [0.25, 0.3) is 0 Å². The molecule has 1 amide bonds. The number of hydrogen-bond acceptors (Lipinski definition) is 2. The van der Waals surface area contributed by atoms with Gasteiger partial charge in [0.1, 0.15) is 0 Å². The molecule has 5 rings (SSSR count). The van der Waals surface area contributed by atoms with E-state index in [2.05, 4.69) is 71.8 Å². The van der Waals surface area contributed by atoms with Crippen LogP contribution in [-0.4, -0.2) is 17.4 Å². The van der Waals surface area contributed by atoms with E-state index in [1.165, 1.54) is 27.1 Å². The number of nitrogens with zero attached hydrogens (tertiary/aromatic N) is 1. The van der Waals surface area contributed by atoms with Crippen molar-refractivity contribution in [3.8, 4) is 0 Å². The number of carbonyl (C=O) groups is 1. The van der Waals surface area contributed by atoms with E-state index >= 15 is 0 Å². The maximum Gasteiger partial charge on any atom is 0.227 e. The van der Waals surface area contributed by atoms with Crippen LogP contribution in [0.2, 0.25) is 0 Å². The third kappa shape index (κ3) is 3.00. The molecule has 1 aliphatic heterocycles. The first-order valence-corrected chi connectivity index (χ1v) is 10.6. The molecule has 0 unspecified atom stereocenters. The highest BCUT2D eigenvalue weighted by atomic mass is 32.1. The van der Waals surface area contributed by atoms with Crippen LogP contribution in [0.1, 0.15) is 45.5 Å². The van der Waals surface area contributed by atoms with Crippen LogP contribution in [0.4, 0.5) is 0 Å². The van der Waals surface area contributed by atoms with Crippen LogP contribution >= 0.6 is 11.3 Å². The minimum atomic E-state index is 0.0603. The average molecular weight is 374 g/mol. The molecule has 1 aromatic heterocycles. The Labute approximate surface area is 164 Å². The summed E-state index contributed by atoms with van der Waals surface area (Å²) in [4.78, 5) is 17.0. The Bertz CT molecular complexity index is 960. The Kier molecular flexibility index (Phi) is 4.13. The van der Waals surface area contributed by atoms with Gasteiger partial charge in [-0.2, -0.15) is 0 Å². The van der Waals surface area contributed by atoms with Crippen molar-refractivity contribution in [3.63, 3.8) is 0 Å². The number of rotatable bonds is 3. The molecule has 136 valence electrons. The van der Waals surface area contributed by atoms with E-state index in [9.17, 15) is 4.79 Å². The molecule has 1 fully saturated rings. The fourth-order valence-electron chi connectivity index (χ4n) is 4.41. The standard InChI is InChI=1S/C24H23NOS/c1-16-7-9-18(10-8-16)23-19-12-14-27-22(19)11-13-25(23)24(26)21-15-20(21)17-5-3-2-4-6-17/h2-10,12,14,20-21,23H,11,13,15H2,1H3/t20-,21+,23-/m0/s1. The first kappa shape index (κ1) is 16.8. The molecular weight excluding hydrogens is 350 g/mol. The van der Waals surface area contributed by atoms with Crippen molar-refractivity contribution in [1.29, 1.82) is 0 Å². The van der Waals surface area contributed by atoms with Crippen LogP contribution < -0.4 is 0 Å². The summed E-state index contributed by atoms with van der Waals surface area (Å²) in [5.74, 6) is 0.855. The molecule has 2 aromatic carbocycles. The fraction of sp³-hybridized carbons (Fsp3) is 0.292. The monoisotopic (exact) mass is 373 g/mol. The Morgan fingerprint density at radius 1 is 1.00 bits per heavy atom. The van der Waals surface area contributed by atoms with Gasteiger partial charge in [-0.15, -0.1) is 11.3 Å². The predicted molar refractivity (Wildman–Crippen MR) is 110 cm³/mol. The van der Waals surface area contributed by atoms with Crippen molar-refractivity contribution in [2.45, 2.75) is 31.7 Å². The van der Waals surface area contributed by atoms with Gasteiger partial charge in [0, 0.05) is 17.3 Å². The topological polar surface area (TPSA) is 20.3 Å². The highest BCUT2D eigenvalue weighted by Crippen LogP contribution is 2.50. The molecule has 2 heterocycles. The Morgan fingerprint density at radius 2 is 1.78 bits per heavy atom. The molecule has 3 aromatic rings. The van der Waals surface area contributed by atoms with Crippen LogP contribution in [0, 0.1) is 12.8 Å². The zero-order chi connectivity index (χ0) is 18.4. The van der Waals surface area contributed by atoms with Crippen molar-refractivity contribution in [1.82, 2.24) is 4.90 Å². The summed E-state index contributed by atoms with van der Waals surface area (Å²) >= 11 is 1.82. The van der Waals surface area contributed by atoms with Gasteiger partial charge in [-0.3, -0.25) is 4.79 Å². The van der Waals surface area contributed by atoms with E-state index < -0.39 is 0 Å². The van der Waals surface area contributed by atoms with Crippen LogP contribution in [0.3, 0.4) is 0 Å². The van der Waals surface area contributed by atoms with Gasteiger partial charge in [-0.05, 0) is 53.8 Å². The van der Waals surface area contributed by atoms with Crippen molar-refractivity contribution < 1.29 is 4.79 Å². The summed E-state index contributed by atoms with van der Waals surface area (Å²) in [7, 11) is 0. The smallest absolute Gasteiger partial charge is 0.227 e. The molecule has 3 atom stereocenters. The second-order valence-corrected chi connectivity index (χ2v) is 8.75. The number of thiophene rings is 1. The lowest BCUT2D eigenvalue weighted by Gasteiger charge is -2.36. The minimum Gasteiger partial charge on any atom is -0.331 e. The van der Waals surface area contributed by atoms with Crippen molar-refractivity contribution in [2.24, 2.45) is 5.92 Å². The normalized spacial score (nSPS) is 23.7. The van der Waals surface area contributed by atoms with Crippen molar-refractivity contribution in [3.05, 3.63) is 93.2 Å². The molecule has 1 saturated carbocycles.